The van der Waals surface area contributed by atoms with Crippen LogP contribution in [0.5, 0.6) is 5.75 Å². The van der Waals surface area contributed by atoms with E-state index in [4.69, 9.17) is 27.9 Å². The summed E-state index contributed by atoms with van der Waals surface area (Å²) >= 11 is 11.6. The number of amides is 1. The van der Waals surface area contributed by atoms with E-state index < -0.39 is 23.7 Å². The Labute approximate surface area is 174 Å². The molecular weight excluding hydrogens is 430 g/mol. The van der Waals surface area contributed by atoms with Gasteiger partial charge in [-0.2, -0.15) is 18.3 Å². The number of ether oxygens (including phenoxy) is 1. The van der Waals surface area contributed by atoms with E-state index in [1.807, 2.05) is 0 Å². The highest BCUT2D eigenvalue weighted by atomic mass is 35.5. The van der Waals surface area contributed by atoms with Crippen molar-refractivity contribution >= 4 is 29.3 Å². The number of halogens is 5. The smallest absolute Gasteiger partial charge is 0.406 e. The van der Waals surface area contributed by atoms with Crippen molar-refractivity contribution < 1.29 is 22.7 Å². The SMILES string of the molecule is O=C(NCCc1ccc(Cl)cc1)Oc1cnn(-c2ccc(Cl)cc2)c1C(F)(F)F. The summed E-state index contributed by atoms with van der Waals surface area (Å²) in [7, 11) is 0. The highest BCUT2D eigenvalue weighted by Gasteiger charge is 2.40. The lowest BCUT2D eigenvalue weighted by Gasteiger charge is -2.13. The van der Waals surface area contributed by atoms with Gasteiger partial charge in [-0.25, -0.2) is 9.48 Å². The number of rotatable bonds is 5. The number of aromatic nitrogens is 2. The number of hydrogen-bond donors (Lipinski definition) is 1. The predicted molar refractivity (Wildman–Crippen MR) is 103 cm³/mol. The number of hydrogen-bond acceptors (Lipinski definition) is 3. The van der Waals surface area contributed by atoms with Gasteiger partial charge >= 0.3 is 12.3 Å². The van der Waals surface area contributed by atoms with E-state index in [1.165, 1.54) is 24.3 Å². The second-order valence-corrected chi connectivity index (χ2v) is 6.81. The largest absolute Gasteiger partial charge is 0.437 e. The van der Waals surface area contributed by atoms with Crippen molar-refractivity contribution in [1.82, 2.24) is 15.1 Å². The van der Waals surface area contributed by atoms with E-state index >= 15 is 0 Å². The first kappa shape index (κ1) is 21.0. The number of nitrogens with zero attached hydrogens (tertiary/aromatic N) is 2. The molecule has 0 spiro atoms. The zero-order chi connectivity index (χ0) is 21.0. The van der Waals surface area contributed by atoms with E-state index in [1.54, 1.807) is 24.3 Å². The molecule has 0 unspecified atom stereocenters. The van der Waals surface area contributed by atoms with Crippen molar-refractivity contribution in [2.75, 3.05) is 6.54 Å². The number of alkyl halides is 3. The third-order valence-corrected chi connectivity index (χ3v) is 4.38. The maximum Gasteiger partial charge on any atom is 0.437 e. The first-order valence-corrected chi connectivity index (χ1v) is 9.11. The predicted octanol–water partition coefficient (Wildman–Crippen LogP) is 5.53. The van der Waals surface area contributed by atoms with Crippen LogP contribution in [-0.4, -0.2) is 22.4 Å². The molecule has 5 nitrogen and oxygen atoms in total. The van der Waals surface area contributed by atoms with Crippen molar-refractivity contribution in [2.45, 2.75) is 12.6 Å². The number of benzene rings is 2. The van der Waals surface area contributed by atoms with Crippen LogP contribution < -0.4 is 10.1 Å². The summed E-state index contributed by atoms with van der Waals surface area (Å²) in [6.45, 7) is 0.174. The molecule has 0 saturated heterocycles. The van der Waals surface area contributed by atoms with E-state index in [0.29, 0.717) is 21.1 Å². The molecule has 2 aromatic carbocycles. The van der Waals surface area contributed by atoms with E-state index in [0.717, 1.165) is 11.8 Å². The van der Waals surface area contributed by atoms with Crippen LogP contribution in [0.25, 0.3) is 5.69 Å². The summed E-state index contributed by atoms with van der Waals surface area (Å²) in [6.07, 6.45) is -4.51. The van der Waals surface area contributed by atoms with Crippen LogP contribution in [0, 0.1) is 0 Å². The molecule has 29 heavy (non-hydrogen) atoms. The Morgan fingerprint density at radius 3 is 2.21 bits per heavy atom. The summed E-state index contributed by atoms with van der Waals surface area (Å²) in [6, 6.07) is 12.6. The molecule has 0 atom stereocenters. The Morgan fingerprint density at radius 2 is 1.62 bits per heavy atom. The molecule has 3 rings (SSSR count). The van der Waals surface area contributed by atoms with Crippen molar-refractivity contribution in [1.29, 1.82) is 0 Å². The number of carbonyl (C=O) groups excluding carboxylic acids is 1. The Kier molecular flexibility index (Phi) is 6.34. The molecule has 0 aliphatic rings. The molecule has 0 fully saturated rings. The molecular formula is C19H14Cl2F3N3O2. The van der Waals surface area contributed by atoms with Gasteiger partial charge in [0, 0.05) is 16.6 Å². The molecule has 0 bridgehead atoms. The summed E-state index contributed by atoms with van der Waals surface area (Å²) in [4.78, 5) is 12.0. The van der Waals surface area contributed by atoms with Crippen LogP contribution in [0.3, 0.4) is 0 Å². The molecule has 0 saturated carbocycles. The van der Waals surface area contributed by atoms with E-state index in [2.05, 4.69) is 10.4 Å². The van der Waals surface area contributed by atoms with Gasteiger partial charge < -0.3 is 10.1 Å². The lowest BCUT2D eigenvalue weighted by Crippen LogP contribution is -2.29. The highest BCUT2D eigenvalue weighted by Crippen LogP contribution is 2.37. The second kappa shape index (κ2) is 8.75. The van der Waals surface area contributed by atoms with E-state index in [-0.39, 0.29) is 12.2 Å². The summed E-state index contributed by atoms with van der Waals surface area (Å²) in [5.74, 6) is -0.698. The molecule has 10 heteroatoms. The quantitative estimate of drug-likeness (QED) is 0.563. The van der Waals surface area contributed by atoms with Crippen LogP contribution in [0.2, 0.25) is 10.0 Å². The maximum atomic E-state index is 13.6. The van der Waals surface area contributed by atoms with Gasteiger partial charge in [0.05, 0.1) is 11.9 Å². The van der Waals surface area contributed by atoms with Gasteiger partial charge in [0.1, 0.15) is 0 Å². The minimum Gasteiger partial charge on any atom is -0.406 e. The van der Waals surface area contributed by atoms with Crippen molar-refractivity contribution in [3.8, 4) is 11.4 Å². The fraction of sp³-hybridized carbons (Fsp3) is 0.158. The maximum absolute atomic E-state index is 13.6. The third-order valence-electron chi connectivity index (χ3n) is 3.87. The lowest BCUT2D eigenvalue weighted by molar-refractivity contribution is -0.143. The van der Waals surface area contributed by atoms with Gasteiger partial charge in [0.2, 0.25) is 0 Å². The zero-order valence-corrected chi connectivity index (χ0v) is 16.2. The van der Waals surface area contributed by atoms with Gasteiger partial charge in [0.15, 0.2) is 11.4 Å². The number of carbonyl (C=O) groups is 1. The average Bonchev–Trinajstić information content (AvgIpc) is 3.08. The van der Waals surface area contributed by atoms with Gasteiger partial charge in [-0.05, 0) is 48.4 Å². The normalized spacial score (nSPS) is 11.3. The molecule has 1 amide bonds. The average molecular weight is 444 g/mol. The Morgan fingerprint density at radius 1 is 1.03 bits per heavy atom. The van der Waals surface area contributed by atoms with Gasteiger partial charge in [-0.15, -0.1) is 0 Å². The van der Waals surface area contributed by atoms with Crippen molar-refractivity contribution in [3.05, 3.63) is 76.0 Å². The number of nitrogens with one attached hydrogen (secondary N) is 1. The molecule has 0 aliphatic heterocycles. The molecule has 1 heterocycles. The standard InChI is InChI=1S/C19H14Cl2F3N3O2/c20-13-3-1-12(2-4-13)9-10-25-18(28)29-16-11-26-27(17(16)19(22,23)24)15-7-5-14(21)6-8-15/h1-8,11H,9-10H2,(H,25,28). The summed E-state index contributed by atoms with van der Waals surface area (Å²) < 4.78 is 46.2. The molecule has 1 N–H and O–H groups in total. The monoisotopic (exact) mass is 443 g/mol. The molecule has 152 valence electrons. The van der Waals surface area contributed by atoms with Crippen molar-refractivity contribution in [2.24, 2.45) is 0 Å². The van der Waals surface area contributed by atoms with Gasteiger partial charge in [0.25, 0.3) is 0 Å². The first-order valence-electron chi connectivity index (χ1n) is 8.35. The van der Waals surface area contributed by atoms with Gasteiger partial charge in [-0.3, -0.25) is 0 Å². The minimum atomic E-state index is -4.80. The fourth-order valence-corrected chi connectivity index (χ4v) is 2.79. The van der Waals surface area contributed by atoms with Crippen LogP contribution in [-0.2, 0) is 12.6 Å². The topological polar surface area (TPSA) is 56.1 Å². The Bertz CT molecular complexity index is 987. The molecule has 1 aromatic heterocycles. The van der Waals surface area contributed by atoms with Crippen LogP contribution in [0.15, 0.2) is 54.7 Å². The highest BCUT2D eigenvalue weighted by molar-refractivity contribution is 6.30. The van der Waals surface area contributed by atoms with Crippen LogP contribution in [0.1, 0.15) is 11.3 Å². The Hall–Kier alpha value is -2.71. The summed E-state index contributed by atoms with van der Waals surface area (Å²) in [5.41, 5.74) is -0.173. The van der Waals surface area contributed by atoms with Gasteiger partial charge in [-0.1, -0.05) is 35.3 Å². The minimum absolute atomic E-state index is 0.125. The van der Waals surface area contributed by atoms with Crippen LogP contribution in [0.4, 0.5) is 18.0 Å². The van der Waals surface area contributed by atoms with Crippen molar-refractivity contribution in [3.63, 3.8) is 0 Å². The van der Waals surface area contributed by atoms with E-state index in [9.17, 15) is 18.0 Å². The first-order chi connectivity index (χ1) is 13.7. The van der Waals surface area contributed by atoms with Crippen LogP contribution >= 0.6 is 23.2 Å². The third kappa shape index (κ3) is 5.42. The molecule has 3 aromatic rings. The molecule has 0 radical (unpaired) electrons. The zero-order valence-electron chi connectivity index (χ0n) is 14.7. The lowest BCUT2D eigenvalue weighted by atomic mass is 10.1. The second-order valence-electron chi connectivity index (χ2n) is 5.94. The fourth-order valence-electron chi connectivity index (χ4n) is 2.54. The Balaban J connectivity index is 1.70. The molecule has 0 aliphatic carbocycles. The summed E-state index contributed by atoms with van der Waals surface area (Å²) in [5, 5.41) is 7.07.